The Morgan fingerprint density at radius 3 is 3.00 bits per heavy atom. The van der Waals surface area contributed by atoms with E-state index in [1.165, 1.54) is 0 Å². The van der Waals surface area contributed by atoms with E-state index < -0.39 is 0 Å². The molecule has 1 rings (SSSR count). The van der Waals surface area contributed by atoms with Crippen LogP contribution in [0.25, 0.3) is 0 Å². The fraction of sp³-hybridized carbons (Fsp3) is 0.636. The number of amides is 1. The maximum Gasteiger partial charge on any atom is 0.221 e. The van der Waals surface area contributed by atoms with E-state index in [0.29, 0.717) is 13.0 Å². The Bertz CT molecular complexity index is 334. The van der Waals surface area contributed by atoms with Gasteiger partial charge in [0.25, 0.3) is 0 Å². The minimum atomic E-state index is -0.0310. The molecule has 0 aliphatic rings. The standard InChI is InChI=1S/C11H20N4O/c1-3-4-9(12)7-11(16)13-8-10-5-6-14-15(10)2/h5-6,9H,3-4,7-8,12H2,1-2H3,(H,13,16). The maximum atomic E-state index is 11.5. The molecule has 16 heavy (non-hydrogen) atoms. The number of carbonyl (C=O) groups is 1. The Morgan fingerprint density at radius 2 is 2.44 bits per heavy atom. The molecule has 1 amide bonds. The first-order chi connectivity index (χ1) is 7.63. The van der Waals surface area contributed by atoms with Crippen molar-refractivity contribution in [2.24, 2.45) is 12.8 Å². The Hall–Kier alpha value is -1.36. The first-order valence-corrected chi connectivity index (χ1v) is 5.62. The summed E-state index contributed by atoms with van der Waals surface area (Å²) in [5.74, 6) is 0.00199. The SMILES string of the molecule is CCCC(N)CC(=O)NCc1ccnn1C. The highest BCUT2D eigenvalue weighted by Gasteiger charge is 2.08. The zero-order valence-corrected chi connectivity index (χ0v) is 9.94. The highest BCUT2D eigenvalue weighted by molar-refractivity contribution is 5.76. The third-order valence-electron chi connectivity index (χ3n) is 2.50. The summed E-state index contributed by atoms with van der Waals surface area (Å²) in [5.41, 5.74) is 6.77. The molecule has 0 aliphatic carbocycles. The van der Waals surface area contributed by atoms with Gasteiger partial charge in [0.2, 0.25) is 5.91 Å². The molecule has 0 radical (unpaired) electrons. The van der Waals surface area contributed by atoms with Crippen molar-refractivity contribution in [1.82, 2.24) is 15.1 Å². The molecule has 0 aromatic carbocycles. The Balaban J connectivity index is 2.28. The van der Waals surface area contributed by atoms with Crippen molar-refractivity contribution in [2.75, 3.05) is 0 Å². The Labute approximate surface area is 96.0 Å². The normalized spacial score (nSPS) is 12.4. The number of nitrogens with one attached hydrogen (secondary N) is 1. The number of aryl methyl sites for hydroxylation is 1. The summed E-state index contributed by atoms with van der Waals surface area (Å²) in [6.07, 6.45) is 4.01. The highest BCUT2D eigenvalue weighted by atomic mass is 16.1. The molecule has 0 spiro atoms. The number of aromatic nitrogens is 2. The highest BCUT2D eigenvalue weighted by Crippen LogP contribution is 1.99. The third-order valence-corrected chi connectivity index (χ3v) is 2.50. The first kappa shape index (κ1) is 12.7. The second-order valence-electron chi connectivity index (χ2n) is 3.98. The summed E-state index contributed by atoms with van der Waals surface area (Å²) in [7, 11) is 1.85. The summed E-state index contributed by atoms with van der Waals surface area (Å²) >= 11 is 0. The molecule has 0 saturated heterocycles. The first-order valence-electron chi connectivity index (χ1n) is 5.62. The van der Waals surface area contributed by atoms with Gasteiger partial charge in [-0.1, -0.05) is 13.3 Å². The monoisotopic (exact) mass is 224 g/mol. The molecule has 5 heteroatoms. The number of carbonyl (C=O) groups excluding carboxylic acids is 1. The van der Waals surface area contributed by atoms with Crippen LogP contribution in [0.15, 0.2) is 12.3 Å². The lowest BCUT2D eigenvalue weighted by molar-refractivity contribution is -0.121. The van der Waals surface area contributed by atoms with Crippen molar-refractivity contribution in [1.29, 1.82) is 0 Å². The molecule has 0 aliphatic heterocycles. The lowest BCUT2D eigenvalue weighted by Gasteiger charge is -2.10. The number of nitrogens with two attached hydrogens (primary N) is 1. The third kappa shape index (κ3) is 4.02. The van der Waals surface area contributed by atoms with E-state index in [-0.39, 0.29) is 11.9 Å². The van der Waals surface area contributed by atoms with Crippen LogP contribution in [-0.2, 0) is 18.4 Å². The van der Waals surface area contributed by atoms with Gasteiger partial charge in [-0.15, -0.1) is 0 Å². The van der Waals surface area contributed by atoms with E-state index in [1.54, 1.807) is 10.9 Å². The van der Waals surface area contributed by atoms with Crippen molar-refractivity contribution < 1.29 is 4.79 Å². The van der Waals surface area contributed by atoms with Gasteiger partial charge in [0.1, 0.15) is 0 Å². The summed E-state index contributed by atoms with van der Waals surface area (Å²) in [6.45, 7) is 2.57. The second-order valence-corrected chi connectivity index (χ2v) is 3.98. The second kappa shape index (κ2) is 6.27. The van der Waals surface area contributed by atoms with E-state index in [0.717, 1.165) is 18.5 Å². The van der Waals surface area contributed by atoms with E-state index in [1.807, 2.05) is 13.1 Å². The van der Waals surface area contributed by atoms with Crippen LogP contribution in [0.1, 0.15) is 31.9 Å². The molecule has 1 aromatic heterocycles. The average Bonchev–Trinajstić information content (AvgIpc) is 2.61. The van der Waals surface area contributed by atoms with Crippen LogP contribution in [0, 0.1) is 0 Å². The topological polar surface area (TPSA) is 72.9 Å². The predicted octanol–water partition coefficient (Wildman–Crippen LogP) is 0.554. The minimum absolute atomic E-state index is 0.00199. The van der Waals surface area contributed by atoms with Crippen LogP contribution in [0.4, 0.5) is 0 Å². The fourth-order valence-electron chi connectivity index (χ4n) is 1.55. The molecule has 0 fully saturated rings. The number of hydrogen-bond donors (Lipinski definition) is 2. The van der Waals surface area contributed by atoms with Crippen LogP contribution in [0.5, 0.6) is 0 Å². The van der Waals surface area contributed by atoms with Crippen LogP contribution >= 0.6 is 0 Å². The van der Waals surface area contributed by atoms with Crippen molar-refractivity contribution in [3.05, 3.63) is 18.0 Å². The molecule has 1 heterocycles. The molecule has 1 unspecified atom stereocenters. The van der Waals surface area contributed by atoms with Crippen LogP contribution < -0.4 is 11.1 Å². The molecule has 5 nitrogen and oxygen atoms in total. The summed E-state index contributed by atoms with van der Waals surface area (Å²) in [6, 6.07) is 1.85. The molecular weight excluding hydrogens is 204 g/mol. The molecule has 1 atom stereocenters. The number of rotatable bonds is 6. The van der Waals surface area contributed by atoms with Gasteiger partial charge in [-0.3, -0.25) is 9.48 Å². The van der Waals surface area contributed by atoms with Gasteiger partial charge >= 0.3 is 0 Å². The summed E-state index contributed by atoms with van der Waals surface area (Å²) in [5, 5.41) is 6.86. The predicted molar refractivity (Wildman–Crippen MR) is 62.6 cm³/mol. The van der Waals surface area contributed by atoms with Crippen molar-refractivity contribution in [3.8, 4) is 0 Å². The Morgan fingerprint density at radius 1 is 1.69 bits per heavy atom. The van der Waals surface area contributed by atoms with Crippen molar-refractivity contribution in [3.63, 3.8) is 0 Å². The van der Waals surface area contributed by atoms with Gasteiger partial charge in [-0.2, -0.15) is 5.10 Å². The quantitative estimate of drug-likeness (QED) is 0.741. The van der Waals surface area contributed by atoms with Gasteiger partial charge in [0, 0.05) is 25.7 Å². The zero-order valence-electron chi connectivity index (χ0n) is 9.94. The molecule has 90 valence electrons. The van der Waals surface area contributed by atoms with Gasteiger partial charge in [-0.25, -0.2) is 0 Å². The van der Waals surface area contributed by atoms with E-state index in [9.17, 15) is 4.79 Å². The van der Waals surface area contributed by atoms with Crippen molar-refractivity contribution in [2.45, 2.75) is 38.8 Å². The van der Waals surface area contributed by atoms with Gasteiger partial charge < -0.3 is 11.1 Å². The average molecular weight is 224 g/mol. The summed E-state index contributed by atoms with van der Waals surface area (Å²) < 4.78 is 1.74. The lowest BCUT2D eigenvalue weighted by atomic mass is 10.1. The van der Waals surface area contributed by atoms with Gasteiger partial charge in [0.05, 0.1) is 12.2 Å². The maximum absolute atomic E-state index is 11.5. The fourth-order valence-corrected chi connectivity index (χ4v) is 1.55. The molecule has 0 bridgehead atoms. The van der Waals surface area contributed by atoms with Crippen LogP contribution in [0.2, 0.25) is 0 Å². The Kier molecular flexibility index (Phi) is 4.98. The van der Waals surface area contributed by atoms with Crippen LogP contribution in [0.3, 0.4) is 0 Å². The van der Waals surface area contributed by atoms with E-state index >= 15 is 0 Å². The lowest BCUT2D eigenvalue weighted by Crippen LogP contribution is -2.31. The molecular formula is C11H20N4O. The summed E-state index contributed by atoms with van der Waals surface area (Å²) in [4.78, 5) is 11.5. The van der Waals surface area contributed by atoms with E-state index in [2.05, 4.69) is 17.3 Å². The minimum Gasteiger partial charge on any atom is -0.350 e. The zero-order chi connectivity index (χ0) is 12.0. The largest absolute Gasteiger partial charge is 0.350 e. The smallest absolute Gasteiger partial charge is 0.221 e. The molecule has 0 saturated carbocycles. The molecule has 1 aromatic rings. The van der Waals surface area contributed by atoms with Crippen molar-refractivity contribution >= 4 is 5.91 Å². The molecule has 3 N–H and O–H groups in total. The number of nitrogens with zero attached hydrogens (tertiary/aromatic N) is 2. The van der Waals surface area contributed by atoms with Crippen LogP contribution in [-0.4, -0.2) is 21.7 Å². The van der Waals surface area contributed by atoms with Gasteiger partial charge in [0.15, 0.2) is 0 Å². The number of hydrogen-bond acceptors (Lipinski definition) is 3. The van der Waals surface area contributed by atoms with E-state index in [4.69, 9.17) is 5.73 Å². The van der Waals surface area contributed by atoms with Gasteiger partial charge in [-0.05, 0) is 12.5 Å².